The van der Waals surface area contributed by atoms with Crippen molar-refractivity contribution < 1.29 is 27.4 Å². The Labute approximate surface area is 198 Å². The average Bonchev–Trinajstić information content (AvgIpc) is 3.27. The molecule has 182 valence electrons. The van der Waals surface area contributed by atoms with E-state index in [4.69, 9.17) is 9.47 Å². The van der Waals surface area contributed by atoms with Crippen molar-refractivity contribution in [1.82, 2.24) is 14.8 Å². The number of carbonyl (C=O) groups excluding carboxylic acids is 1. The number of thiazole rings is 1. The van der Waals surface area contributed by atoms with Crippen LogP contribution in [-0.2, 0) is 17.7 Å². The van der Waals surface area contributed by atoms with Gasteiger partial charge in [0.15, 0.2) is 5.13 Å². The maximum Gasteiger partial charge on any atom is 0.413 e. The van der Waals surface area contributed by atoms with Crippen LogP contribution in [0.2, 0.25) is 0 Å². The highest BCUT2D eigenvalue weighted by molar-refractivity contribution is 7.16. The number of hydrogen-bond donors (Lipinski definition) is 1. The molecule has 0 saturated carbocycles. The van der Waals surface area contributed by atoms with Crippen LogP contribution in [0.25, 0.3) is 11.3 Å². The molecule has 0 spiro atoms. The lowest BCUT2D eigenvalue weighted by molar-refractivity contribution is -0.152. The summed E-state index contributed by atoms with van der Waals surface area (Å²) in [4.78, 5) is 17.3. The van der Waals surface area contributed by atoms with E-state index in [1.807, 2.05) is 12.1 Å². The van der Waals surface area contributed by atoms with E-state index in [2.05, 4.69) is 15.4 Å². The molecule has 4 rings (SSSR count). The number of alkyl halides is 3. The number of nitrogens with zero attached hydrogens (tertiary/aromatic N) is 3. The van der Waals surface area contributed by atoms with Crippen molar-refractivity contribution in [2.75, 3.05) is 12.4 Å². The minimum Gasteiger partial charge on any atom is -0.497 e. The van der Waals surface area contributed by atoms with Crippen LogP contribution in [0.5, 0.6) is 5.75 Å². The first-order valence-corrected chi connectivity index (χ1v) is 11.5. The molecule has 0 fully saturated rings. The van der Waals surface area contributed by atoms with E-state index in [0.717, 1.165) is 16.9 Å². The van der Waals surface area contributed by atoms with Crippen molar-refractivity contribution in [2.45, 2.75) is 57.9 Å². The molecule has 0 radical (unpaired) electrons. The SMILES string of the molecule is COc1ccc(Cn2cc3c(n2)C(C(F)(F)F)CCc2sc(NC(=O)OC(C)(C)C)nc2-3)cc1. The topological polar surface area (TPSA) is 78.3 Å². The van der Waals surface area contributed by atoms with Crippen molar-refractivity contribution in [3.8, 4) is 17.0 Å². The molecule has 11 heteroatoms. The van der Waals surface area contributed by atoms with Crippen LogP contribution in [0.1, 0.15) is 49.2 Å². The van der Waals surface area contributed by atoms with E-state index in [1.54, 1.807) is 46.2 Å². The summed E-state index contributed by atoms with van der Waals surface area (Å²) in [5.41, 5.74) is 0.881. The number of anilines is 1. The molecule has 1 atom stereocenters. The van der Waals surface area contributed by atoms with Gasteiger partial charge in [-0.05, 0) is 51.3 Å². The van der Waals surface area contributed by atoms with Crippen molar-refractivity contribution in [3.05, 3.63) is 46.6 Å². The molecule has 7 nitrogen and oxygen atoms in total. The number of carbonyl (C=O) groups is 1. The maximum atomic E-state index is 13.9. The molecular weight excluding hydrogens is 469 g/mol. The third-order valence-corrected chi connectivity index (χ3v) is 6.27. The number of hydrogen-bond acceptors (Lipinski definition) is 6. The quantitative estimate of drug-likeness (QED) is 0.481. The first-order chi connectivity index (χ1) is 15.9. The molecule has 1 aliphatic carbocycles. The van der Waals surface area contributed by atoms with Crippen molar-refractivity contribution in [1.29, 1.82) is 0 Å². The molecule has 1 aliphatic rings. The average molecular weight is 495 g/mol. The van der Waals surface area contributed by atoms with Gasteiger partial charge in [-0.2, -0.15) is 18.3 Å². The second-order valence-corrected chi connectivity index (χ2v) is 10.1. The van der Waals surface area contributed by atoms with Gasteiger partial charge in [0.1, 0.15) is 11.4 Å². The normalized spacial score (nSPS) is 15.8. The zero-order valence-corrected chi connectivity index (χ0v) is 20.0. The van der Waals surface area contributed by atoms with Gasteiger partial charge in [0, 0.05) is 16.6 Å². The number of aryl methyl sites for hydroxylation is 1. The lowest BCUT2D eigenvalue weighted by atomic mass is 9.98. The van der Waals surface area contributed by atoms with Gasteiger partial charge in [-0.3, -0.25) is 10.00 Å². The fourth-order valence-corrected chi connectivity index (χ4v) is 4.76. The number of benzene rings is 1. The summed E-state index contributed by atoms with van der Waals surface area (Å²) in [7, 11) is 1.56. The number of methoxy groups -OCH3 is 1. The first kappa shape index (κ1) is 24.1. The van der Waals surface area contributed by atoms with E-state index >= 15 is 0 Å². The Kier molecular flexibility index (Phi) is 6.32. The molecule has 1 amide bonds. The molecule has 0 bridgehead atoms. The molecule has 2 aromatic heterocycles. The number of fused-ring (bicyclic) bond motifs is 3. The lowest BCUT2D eigenvalue weighted by Gasteiger charge is -2.19. The van der Waals surface area contributed by atoms with E-state index in [0.29, 0.717) is 28.4 Å². The number of nitrogens with one attached hydrogen (secondary N) is 1. The van der Waals surface area contributed by atoms with Crippen LogP contribution in [-0.4, -0.2) is 39.7 Å². The molecule has 2 heterocycles. The Bertz CT molecular complexity index is 1180. The fraction of sp³-hybridized carbons (Fsp3) is 0.435. The zero-order valence-electron chi connectivity index (χ0n) is 19.2. The molecule has 0 saturated heterocycles. The highest BCUT2D eigenvalue weighted by Gasteiger charge is 2.45. The summed E-state index contributed by atoms with van der Waals surface area (Å²) in [6.07, 6.45) is -3.46. The lowest BCUT2D eigenvalue weighted by Crippen LogP contribution is -2.27. The summed E-state index contributed by atoms with van der Waals surface area (Å²) >= 11 is 1.16. The van der Waals surface area contributed by atoms with E-state index in [9.17, 15) is 18.0 Å². The maximum absolute atomic E-state index is 13.9. The molecule has 34 heavy (non-hydrogen) atoms. The smallest absolute Gasteiger partial charge is 0.413 e. The van der Waals surface area contributed by atoms with Gasteiger partial charge in [0.25, 0.3) is 0 Å². The third kappa shape index (κ3) is 5.35. The largest absolute Gasteiger partial charge is 0.497 e. The van der Waals surface area contributed by atoms with Crippen LogP contribution >= 0.6 is 11.3 Å². The molecule has 1 unspecified atom stereocenters. The molecular formula is C23H25F3N4O3S. The second kappa shape index (κ2) is 8.94. The fourth-order valence-electron chi connectivity index (χ4n) is 3.78. The Hall–Kier alpha value is -3.08. The molecule has 1 N–H and O–H groups in total. The Morgan fingerprint density at radius 3 is 2.56 bits per heavy atom. The van der Waals surface area contributed by atoms with Crippen LogP contribution in [0.3, 0.4) is 0 Å². The highest BCUT2D eigenvalue weighted by atomic mass is 32.1. The number of halogens is 3. The second-order valence-electron chi connectivity index (χ2n) is 9.02. The predicted octanol–water partition coefficient (Wildman–Crippen LogP) is 6.00. The first-order valence-electron chi connectivity index (χ1n) is 10.7. The monoisotopic (exact) mass is 494 g/mol. The van der Waals surface area contributed by atoms with Crippen LogP contribution < -0.4 is 10.1 Å². The van der Waals surface area contributed by atoms with E-state index in [1.165, 1.54) is 4.68 Å². The minimum atomic E-state index is -4.43. The van der Waals surface area contributed by atoms with Gasteiger partial charge < -0.3 is 9.47 Å². The van der Waals surface area contributed by atoms with Crippen LogP contribution in [0.15, 0.2) is 30.5 Å². The zero-order chi connectivity index (χ0) is 24.7. The standard InChI is InChI=1S/C23H25F3N4O3S/c1-22(2,3)33-21(31)28-20-27-19-15-12-30(11-13-5-7-14(32-4)8-6-13)29-18(15)16(23(24,25)26)9-10-17(19)34-20/h5-8,12,16H,9-11H2,1-4H3,(H,27,28,31). The van der Waals surface area contributed by atoms with Crippen molar-refractivity contribution in [2.24, 2.45) is 0 Å². The molecule has 3 aromatic rings. The molecule has 0 aliphatic heterocycles. The van der Waals surface area contributed by atoms with Gasteiger partial charge >= 0.3 is 12.3 Å². The Morgan fingerprint density at radius 1 is 1.24 bits per heavy atom. The van der Waals surface area contributed by atoms with Gasteiger partial charge in [0.05, 0.1) is 31.0 Å². The summed E-state index contributed by atoms with van der Waals surface area (Å²) in [5.74, 6) is -1.00. The number of aromatic nitrogens is 3. The van der Waals surface area contributed by atoms with Crippen molar-refractivity contribution in [3.63, 3.8) is 0 Å². The third-order valence-electron chi connectivity index (χ3n) is 5.24. The van der Waals surface area contributed by atoms with Crippen molar-refractivity contribution >= 4 is 22.6 Å². The van der Waals surface area contributed by atoms with Gasteiger partial charge in [-0.25, -0.2) is 9.78 Å². The number of amides is 1. The van der Waals surface area contributed by atoms with Gasteiger partial charge in [0.2, 0.25) is 0 Å². The summed E-state index contributed by atoms with van der Waals surface area (Å²) in [5, 5.41) is 7.20. The highest BCUT2D eigenvalue weighted by Crippen LogP contribution is 2.46. The Balaban J connectivity index is 1.67. The summed E-state index contributed by atoms with van der Waals surface area (Å²) in [6, 6.07) is 7.25. The van der Waals surface area contributed by atoms with Crippen LogP contribution in [0.4, 0.5) is 23.1 Å². The predicted molar refractivity (Wildman–Crippen MR) is 122 cm³/mol. The minimum absolute atomic E-state index is 0.0473. The molecule has 1 aromatic carbocycles. The van der Waals surface area contributed by atoms with E-state index < -0.39 is 23.8 Å². The summed E-state index contributed by atoms with van der Waals surface area (Å²) < 4.78 is 53.6. The summed E-state index contributed by atoms with van der Waals surface area (Å²) in [6.45, 7) is 5.52. The van der Waals surface area contributed by atoms with Gasteiger partial charge in [-0.1, -0.05) is 12.1 Å². The number of rotatable bonds is 4. The van der Waals surface area contributed by atoms with E-state index in [-0.39, 0.29) is 23.7 Å². The van der Waals surface area contributed by atoms with Gasteiger partial charge in [-0.15, -0.1) is 11.3 Å². The van der Waals surface area contributed by atoms with Crippen LogP contribution in [0, 0.1) is 0 Å². The Morgan fingerprint density at radius 2 is 1.94 bits per heavy atom. The number of ether oxygens (including phenoxy) is 2.